The van der Waals surface area contributed by atoms with Gasteiger partial charge in [0.05, 0.1) is 17.2 Å². The van der Waals surface area contributed by atoms with Crippen LogP contribution in [0.25, 0.3) is 0 Å². The van der Waals surface area contributed by atoms with E-state index in [9.17, 15) is 4.39 Å². The van der Waals surface area contributed by atoms with E-state index in [1.54, 1.807) is 17.4 Å². The summed E-state index contributed by atoms with van der Waals surface area (Å²) in [7, 11) is 0. The monoisotopic (exact) mass is 236 g/mol. The summed E-state index contributed by atoms with van der Waals surface area (Å²) in [4.78, 5) is 4.43. The van der Waals surface area contributed by atoms with Crippen LogP contribution in [0.4, 0.5) is 10.1 Å². The molecule has 0 aliphatic heterocycles. The molecule has 1 heterocycles. The van der Waals surface area contributed by atoms with Crippen LogP contribution < -0.4 is 5.32 Å². The highest BCUT2D eigenvalue weighted by molar-refractivity contribution is 7.09. The molecular weight excluding hydrogens is 223 g/mol. The van der Waals surface area contributed by atoms with Crippen LogP contribution in [0, 0.1) is 5.82 Å². The second-order valence-corrected chi connectivity index (χ2v) is 4.39. The van der Waals surface area contributed by atoms with Gasteiger partial charge in [-0.3, -0.25) is 0 Å². The zero-order valence-electron chi connectivity index (χ0n) is 9.03. The lowest BCUT2D eigenvalue weighted by Gasteiger charge is -2.03. The Kier molecular flexibility index (Phi) is 3.51. The van der Waals surface area contributed by atoms with E-state index in [1.165, 1.54) is 12.1 Å². The van der Waals surface area contributed by atoms with E-state index in [1.807, 2.05) is 11.4 Å². The van der Waals surface area contributed by atoms with Crippen LogP contribution in [0.1, 0.15) is 17.6 Å². The minimum absolute atomic E-state index is 0.225. The molecule has 0 spiro atoms. The summed E-state index contributed by atoms with van der Waals surface area (Å²) >= 11 is 1.66. The minimum Gasteiger partial charge on any atom is -0.379 e. The number of hydrogen-bond acceptors (Lipinski definition) is 3. The van der Waals surface area contributed by atoms with Crippen molar-refractivity contribution in [1.82, 2.24) is 4.98 Å². The molecule has 0 aliphatic carbocycles. The second-order valence-electron chi connectivity index (χ2n) is 3.45. The Morgan fingerprint density at radius 2 is 2.31 bits per heavy atom. The summed E-state index contributed by atoms with van der Waals surface area (Å²) in [6.45, 7) is 2.72. The van der Waals surface area contributed by atoms with Gasteiger partial charge in [0.2, 0.25) is 0 Å². The first-order valence-corrected chi connectivity index (χ1v) is 6.08. The molecule has 16 heavy (non-hydrogen) atoms. The lowest BCUT2D eigenvalue weighted by molar-refractivity contribution is 0.628. The topological polar surface area (TPSA) is 24.9 Å². The van der Waals surface area contributed by atoms with Crippen molar-refractivity contribution in [2.24, 2.45) is 0 Å². The molecule has 0 radical (unpaired) electrons. The van der Waals surface area contributed by atoms with Crippen molar-refractivity contribution in [2.75, 3.05) is 5.32 Å². The molecule has 0 saturated carbocycles. The fourth-order valence-electron chi connectivity index (χ4n) is 1.38. The van der Waals surface area contributed by atoms with Gasteiger partial charge < -0.3 is 5.32 Å². The zero-order valence-corrected chi connectivity index (χ0v) is 9.85. The maximum absolute atomic E-state index is 12.9. The molecule has 0 amide bonds. The van der Waals surface area contributed by atoms with Crippen LogP contribution in [0.5, 0.6) is 0 Å². The van der Waals surface area contributed by atoms with Crippen molar-refractivity contribution in [1.29, 1.82) is 0 Å². The first kappa shape index (κ1) is 11.1. The summed E-state index contributed by atoms with van der Waals surface area (Å²) in [6.07, 6.45) is 0.963. The first-order valence-electron chi connectivity index (χ1n) is 5.20. The molecule has 84 valence electrons. The fraction of sp³-hybridized carbons (Fsp3) is 0.250. The van der Waals surface area contributed by atoms with Gasteiger partial charge in [0.15, 0.2) is 0 Å². The van der Waals surface area contributed by atoms with E-state index in [0.717, 1.165) is 22.8 Å². The SMILES string of the molecule is CCc1nc(CNc2cccc(F)c2)cs1. The second kappa shape index (κ2) is 5.07. The lowest BCUT2D eigenvalue weighted by atomic mass is 10.3. The van der Waals surface area contributed by atoms with Gasteiger partial charge in [0, 0.05) is 11.1 Å². The summed E-state index contributed by atoms with van der Waals surface area (Å²) in [6, 6.07) is 6.45. The van der Waals surface area contributed by atoms with E-state index in [0.29, 0.717) is 6.54 Å². The number of aromatic nitrogens is 1. The Labute approximate surface area is 98.2 Å². The molecule has 1 aromatic carbocycles. The largest absolute Gasteiger partial charge is 0.379 e. The van der Waals surface area contributed by atoms with Crippen LogP contribution in [0.15, 0.2) is 29.6 Å². The van der Waals surface area contributed by atoms with Crippen molar-refractivity contribution in [3.63, 3.8) is 0 Å². The van der Waals surface area contributed by atoms with Crippen molar-refractivity contribution in [3.8, 4) is 0 Å². The number of benzene rings is 1. The maximum atomic E-state index is 12.9. The number of halogens is 1. The number of rotatable bonds is 4. The van der Waals surface area contributed by atoms with E-state index in [-0.39, 0.29) is 5.82 Å². The number of aryl methyl sites for hydroxylation is 1. The normalized spacial score (nSPS) is 10.4. The lowest BCUT2D eigenvalue weighted by Crippen LogP contribution is -2.00. The fourth-order valence-corrected chi connectivity index (χ4v) is 2.13. The third-order valence-corrected chi connectivity index (χ3v) is 3.24. The van der Waals surface area contributed by atoms with E-state index in [4.69, 9.17) is 0 Å². The molecule has 0 aliphatic rings. The minimum atomic E-state index is -0.225. The summed E-state index contributed by atoms with van der Waals surface area (Å²) < 4.78 is 12.9. The molecule has 2 aromatic rings. The molecule has 4 heteroatoms. The number of anilines is 1. The smallest absolute Gasteiger partial charge is 0.125 e. The Balaban J connectivity index is 1.96. The molecule has 1 N–H and O–H groups in total. The average Bonchev–Trinajstić information content (AvgIpc) is 2.74. The number of thiazole rings is 1. The molecule has 0 bridgehead atoms. The van der Waals surface area contributed by atoms with Crippen LogP contribution in [-0.4, -0.2) is 4.98 Å². The van der Waals surface area contributed by atoms with Crippen molar-refractivity contribution >= 4 is 17.0 Å². The molecule has 2 nitrogen and oxygen atoms in total. The third kappa shape index (κ3) is 2.79. The van der Waals surface area contributed by atoms with Crippen molar-refractivity contribution in [2.45, 2.75) is 19.9 Å². The summed E-state index contributed by atoms with van der Waals surface area (Å²) in [5, 5.41) is 6.31. The molecule has 0 saturated heterocycles. The number of nitrogens with one attached hydrogen (secondary N) is 1. The van der Waals surface area contributed by atoms with Crippen LogP contribution in [0.2, 0.25) is 0 Å². The maximum Gasteiger partial charge on any atom is 0.125 e. The van der Waals surface area contributed by atoms with E-state index in [2.05, 4.69) is 17.2 Å². The van der Waals surface area contributed by atoms with Gasteiger partial charge in [0.25, 0.3) is 0 Å². The predicted octanol–water partition coefficient (Wildman–Crippen LogP) is 3.46. The van der Waals surface area contributed by atoms with Gasteiger partial charge >= 0.3 is 0 Å². The Morgan fingerprint density at radius 3 is 3.00 bits per heavy atom. The third-order valence-electron chi connectivity index (χ3n) is 2.20. The summed E-state index contributed by atoms with van der Waals surface area (Å²) in [5.41, 5.74) is 1.79. The van der Waals surface area contributed by atoms with E-state index < -0.39 is 0 Å². The number of nitrogens with zero attached hydrogens (tertiary/aromatic N) is 1. The van der Waals surface area contributed by atoms with Gasteiger partial charge in [-0.2, -0.15) is 0 Å². The van der Waals surface area contributed by atoms with Crippen LogP contribution in [0.3, 0.4) is 0 Å². The average molecular weight is 236 g/mol. The van der Waals surface area contributed by atoms with Crippen molar-refractivity contribution in [3.05, 3.63) is 46.2 Å². The predicted molar refractivity (Wildman–Crippen MR) is 65.2 cm³/mol. The van der Waals surface area contributed by atoms with Gasteiger partial charge in [-0.25, -0.2) is 9.37 Å². The first-order chi connectivity index (χ1) is 7.78. The van der Waals surface area contributed by atoms with E-state index >= 15 is 0 Å². The molecule has 0 unspecified atom stereocenters. The molecule has 0 fully saturated rings. The summed E-state index contributed by atoms with van der Waals surface area (Å²) in [5.74, 6) is -0.225. The number of hydrogen-bond donors (Lipinski definition) is 1. The van der Waals surface area contributed by atoms with Gasteiger partial charge in [-0.15, -0.1) is 11.3 Å². The Morgan fingerprint density at radius 1 is 1.44 bits per heavy atom. The van der Waals surface area contributed by atoms with Gasteiger partial charge in [-0.1, -0.05) is 13.0 Å². The highest BCUT2D eigenvalue weighted by atomic mass is 32.1. The quantitative estimate of drug-likeness (QED) is 0.879. The molecule has 1 aromatic heterocycles. The van der Waals surface area contributed by atoms with Crippen LogP contribution in [-0.2, 0) is 13.0 Å². The van der Waals surface area contributed by atoms with Gasteiger partial charge in [0.1, 0.15) is 5.82 Å². The Bertz CT molecular complexity index is 468. The molecule has 0 atom stereocenters. The standard InChI is InChI=1S/C12H13FN2S/c1-2-12-15-11(8-16-12)7-14-10-5-3-4-9(13)6-10/h3-6,8,14H,2,7H2,1H3. The van der Waals surface area contributed by atoms with Crippen molar-refractivity contribution < 1.29 is 4.39 Å². The molecule has 2 rings (SSSR count). The van der Waals surface area contributed by atoms with Crippen LogP contribution >= 0.6 is 11.3 Å². The van der Waals surface area contributed by atoms with Gasteiger partial charge in [-0.05, 0) is 24.6 Å². The zero-order chi connectivity index (χ0) is 11.4. The molecular formula is C12H13FN2S. The highest BCUT2D eigenvalue weighted by Gasteiger charge is 2.00. The Hall–Kier alpha value is -1.42. The highest BCUT2D eigenvalue weighted by Crippen LogP contribution is 2.13.